The number of halogens is 2. The third kappa shape index (κ3) is 4.52. The number of hydrogen-bond acceptors (Lipinski definition) is 5. The van der Waals surface area contributed by atoms with Crippen molar-refractivity contribution in [1.29, 1.82) is 0 Å². The van der Waals surface area contributed by atoms with E-state index in [0.29, 0.717) is 35.2 Å². The van der Waals surface area contributed by atoms with Crippen molar-refractivity contribution in [1.82, 2.24) is 10.2 Å². The summed E-state index contributed by atoms with van der Waals surface area (Å²) in [4.78, 5) is 37.6. The van der Waals surface area contributed by atoms with Gasteiger partial charge in [-0.05, 0) is 37.5 Å². The van der Waals surface area contributed by atoms with Crippen molar-refractivity contribution in [2.45, 2.75) is 37.1 Å². The molecular weight excluding hydrogens is 411 g/mol. The predicted molar refractivity (Wildman–Crippen MR) is 105 cm³/mol. The predicted octanol–water partition coefficient (Wildman–Crippen LogP) is 2.65. The summed E-state index contributed by atoms with van der Waals surface area (Å²) in [7, 11) is 0. The van der Waals surface area contributed by atoms with Crippen molar-refractivity contribution < 1.29 is 19.1 Å². The van der Waals surface area contributed by atoms with Crippen LogP contribution in [0.1, 0.15) is 25.3 Å². The number of esters is 1. The first-order chi connectivity index (χ1) is 12.8. The van der Waals surface area contributed by atoms with Crippen LogP contribution in [0, 0.1) is 0 Å². The van der Waals surface area contributed by atoms with E-state index < -0.39 is 17.9 Å². The van der Waals surface area contributed by atoms with E-state index in [2.05, 4.69) is 5.32 Å². The SMILES string of the molecule is C[C@@]12CCC(=O)N1[C@@H](C(=O)OCC(=O)NCCc1ccc(Cl)cc1Cl)CS2. The summed E-state index contributed by atoms with van der Waals surface area (Å²) in [5.74, 6) is -0.460. The van der Waals surface area contributed by atoms with E-state index >= 15 is 0 Å². The molecule has 2 aliphatic rings. The number of thioether (sulfide) groups is 1. The van der Waals surface area contributed by atoms with Crippen molar-refractivity contribution >= 4 is 52.7 Å². The maximum absolute atomic E-state index is 12.3. The number of fused-ring (bicyclic) bond motifs is 1. The summed E-state index contributed by atoms with van der Waals surface area (Å²) < 4.78 is 5.13. The van der Waals surface area contributed by atoms with E-state index in [4.69, 9.17) is 27.9 Å². The minimum absolute atomic E-state index is 0.0336. The Morgan fingerprint density at radius 2 is 2.19 bits per heavy atom. The zero-order valence-electron chi connectivity index (χ0n) is 14.8. The van der Waals surface area contributed by atoms with Gasteiger partial charge in [0.1, 0.15) is 6.04 Å². The molecule has 1 aromatic carbocycles. The number of carbonyl (C=O) groups excluding carboxylic acids is 3. The van der Waals surface area contributed by atoms with Crippen LogP contribution in [-0.4, -0.2) is 52.5 Å². The van der Waals surface area contributed by atoms with Crippen LogP contribution in [0.3, 0.4) is 0 Å². The van der Waals surface area contributed by atoms with Crippen LogP contribution in [0.15, 0.2) is 18.2 Å². The molecular formula is C18H20Cl2N2O4S. The standard InChI is InChI=1S/C18H20Cl2N2O4S/c1-18-6-4-16(24)22(18)14(10-27-18)17(25)26-9-15(23)21-7-5-11-2-3-12(19)8-13(11)20/h2-3,8,14H,4-7,9-10H2,1H3,(H,21,23)/t14-,18-/m1/s1. The van der Waals surface area contributed by atoms with Crippen LogP contribution in [0.4, 0.5) is 0 Å². The zero-order chi connectivity index (χ0) is 19.6. The maximum atomic E-state index is 12.3. The Balaban J connectivity index is 1.43. The van der Waals surface area contributed by atoms with Gasteiger partial charge in [0.2, 0.25) is 5.91 Å². The van der Waals surface area contributed by atoms with Crippen LogP contribution < -0.4 is 5.32 Å². The number of amides is 2. The largest absolute Gasteiger partial charge is 0.454 e. The summed E-state index contributed by atoms with van der Waals surface area (Å²) in [5, 5.41) is 3.78. The van der Waals surface area contributed by atoms with E-state index in [1.165, 1.54) is 0 Å². The Morgan fingerprint density at radius 1 is 1.41 bits per heavy atom. The second-order valence-electron chi connectivity index (χ2n) is 6.71. The van der Waals surface area contributed by atoms with Gasteiger partial charge in [-0.25, -0.2) is 4.79 Å². The van der Waals surface area contributed by atoms with Gasteiger partial charge in [-0.15, -0.1) is 11.8 Å². The second kappa shape index (κ2) is 8.29. The van der Waals surface area contributed by atoms with E-state index in [0.717, 1.165) is 12.0 Å². The molecule has 0 aliphatic carbocycles. The topological polar surface area (TPSA) is 75.7 Å². The fourth-order valence-corrected chi connectivity index (χ4v) is 5.26. The van der Waals surface area contributed by atoms with Crippen molar-refractivity contribution in [3.63, 3.8) is 0 Å². The minimum Gasteiger partial charge on any atom is -0.454 e. The quantitative estimate of drug-likeness (QED) is 0.701. The van der Waals surface area contributed by atoms with Gasteiger partial charge in [-0.2, -0.15) is 0 Å². The summed E-state index contributed by atoms with van der Waals surface area (Å²) in [6.07, 6.45) is 1.71. The van der Waals surface area contributed by atoms with Crippen molar-refractivity contribution in [2.24, 2.45) is 0 Å². The van der Waals surface area contributed by atoms with Crippen LogP contribution in [0.2, 0.25) is 10.0 Å². The lowest BCUT2D eigenvalue weighted by Crippen LogP contribution is -2.47. The van der Waals surface area contributed by atoms with Gasteiger partial charge in [0, 0.05) is 28.8 Å². The lowest BCUT2D eigenvalue weighted by Gasteiger charge is -2.29. The highest BCUT2D eigenvalue weighted by molar-refractivity contribution is 8.01. The number of rotatable bonds is 6. The fraction of sp³-hybridized carbons (Fsp3) is 0.500. The Kier molecular flexibility index (Phi) is 6.23. The molecule has 9 heteroatoms. The lowest BCUT2D eigenvalue weighted by atomic mass is 10.1. The average Bonchev–Trinajstić information content (AvgIpc) is 3.11. The Labute approximate surface area is 171 Å². The first-order valence-electron chi connectivity index (χ1n) is 8.63. The van der Waals surface area contributed by atoms with Crippen LogP contribution in [0.5, 0.6) is 0 Å². The zero-order valence-corrected chi connectivity index (χ0v) is 17.1. The van der Waals surface area contributed by atoms with Crippen LogP contribution in [0.25, 0.3) is 0 Å². The summed E-state index contributed by atoms with van der Waals surface area (Å²) in [6, 6.07) is 4.57. The highest BCUT2D eigenvalue weighted by Crippen LogP contribution is 2.47. The summed E-state index contributed by atoms with van der Waals surface area (Å²) in [5.41, 5.74) is 0.869. The highest BCUT2D eigenvalue weighted by atomic mass is 35.5. The molecule has 0 bridgehead atoms. The van der Waals surface area contributed by atoms with Gasteiger partial charge in [-0.1, -0.05) is 29.3 Å². The molecule has 2 fully saturated rings. The molecule has 2 amide bonds. The number of hydrogen-bond donors (Lipinski definition) is 1. The first-order valence-corrected chi connectivity index (χ1v) is 10.4. The number of nitrogens with one attached hydrogen (secondary N) is 1. The second-order valence-corrected chi connectivity index (χ2v) is 9.05. The number of ether oxygens (including phenoxy) is 1. The van der Waals surface area contributed by atoms with Crippen LogP contribution >= 0.6 is 35.0 Å². The minimum atomic E-state index is -0.615. The summed E-state index contributed by atoms with van der Waals surface area (Å²) >= 11 is 13.5. The van der Waals surface area contributed by atoms with E-state index in [-0.39, 0.29) is 17.4 Å². The maximum Gasteiger partial charge on any atom is 0.330 e. The van der Waals surface area contributed by atoms with E-state index in [9.17, 15) is 14.4 Å². The first kappa shape index (κ1) is 20.3. The molecule has 6 nitrogen and oxygen atoms in total. The molecule has 2 heterocycles. The smallest absolute Gasteiger partial charge is 0.330 e. The summed E-state index contributed by atoms with van der Waals surface area (Å²) in [6.45, 7) is 1.96. The molecule has 0 radical (unpaired) electrons. The molecule has 2 aliphatic heterocycles. The van der Waals surface area contributed by atoms with Gasteiger partial charge in [0.15, 0.2) is 6.61 Å². The van der Waals surface area contributed by atoms with E-state index in [1.54, 1.807) is 34.9 Å². The molecule has 0 saturated carbocycles. The Bertz CT molecular complexity index is 776. The van der Waals surface area contributed by atoms with Crippen LogP contribution in [-0.2, 0) is 25.5 Å². The number of carbonyl (C=O) groups is 3. The Hall–Kier alpha value is -1.44. The molecule has 3 rings (SSSR count). The molecule has 1 N–H and O–H groups in total. The molecule has 146 valence electrons. The fourth-order valence-electron chi connectivity index (χ4n) is 3.34. The molecule has 27 heavy (non-hydrogen) atoms. The lowest BCUT2D eigenvalue weighted by molar-refractivity contribution is -0.156. The molecule has 2 saturated heterocycles. The van der Waals surface area contributed by atoms with Crippen molar-refractivity contribution in [3.05, 3.63) is 33.8 Å². The monoisotopic (exact) mass is 430 g/mol. The molecule has 2 atom stereocenters. The average molecular weight is 431 g/mol. The van der Waals surface area contributed by atoms with Gasteiger partial charge >= 0.3 is 5.97 Å². The van der Waals surface area contributed by atoms with E-state index in [1.807, 2.05) is 6.92 Å². The number of benzene rings is 1. The van der Waals surface area contributed by atoms with Crippen molar-refractivity contribution in [2.75, 3.05) is 18.9 Å². The molecule has 0 unspecified atom stereocenters. The third-order valence-corrected chi connectivity index (χ3v) is 6.89. The third-order valence-electron chi connectivity index (χ3n) is 4.79. The molecule has 0 aromatic heterocycles. The number of nitrogens with zero attached hydrogens (tertiary/aromatic N) is 1. The molecule has 0 spiro atoms. The van der Waals surface area contributed by atoms with Gasteiger partial charge < -0.3 is 15.0 Å². The Morgan fingerprint density at radius 3 is 2.93 bits per heavy atom. The van der Waals surface area contributed by atoms with Crippen molar-refractivity contribution in [3.8, 4) is 0 Å². The molecule has 1 aromatic rings. The van der Waals surface area contributed by atoms with Gasteiger partial charge in [-0.3, -0.25) is 9.59 Å². The normalized spacial score (nSPS) is 24.0. The van der Waals surface area contributed by atoms with Gasteiger partial charge in [0.25, 0.3) is 5.91 Å². The van der Waals surface area contributed by atoms with Gasteiger partial charge in [0.05, 0.1) is 4.87 Å². The highest BCUT2D eigenvalue weighted by Gasteiger charge is 2.53.